The van der Waals surface area contributed by atoms with Crippen LogP contribution in [0.25, 0.3) is 104 Å². The lowest BCUT2D eigenvalue weighted by Crippen LogP contribution is -2.11. The van der Waals surface area contributed by atoms with E-state index < -0.39 is 0 Å². The second-order valence-electron chi connectivity index (χ2n) is 16.1. The molecule has 0 saturated heterocycles. The molecule has 2 aromatic heterocycles. The first kappa shape index (κ1) is 31.5. The molecule has 0 spiro atoms. The molecule has 13 rings (SSSR count). The van der Waals surface area contributed by atoms with Gasteiger partial charge in [0.2, 0.25) is 0 Å². The molecule has 0 saturated carbocycles. The van der Waals surface area contributed by atoms with Gasteiger partial charge in [-0.1, -0.05) is 164 Å². The van der Waals surface area contributed by atoms with Gasteiger partial charge in [0, 0.05) is 55.1 Å². The zero-order valence-corrected chi connectivity index (χ0v) is 33.9. The minimum atomic E-state index is -0.149. The highest BCUT2D eigenvalue weighted by Gasteiger charge is 2.22. The van der Waals surface area contributed by atoms with Gasteiger partial charge < -0.3 is 13.9 Å². The smallest absolute Gasteiger partial charge is 0.143 e. The van der Waals surface area contributed by atoms with Gasteiger partial charge in [0.15, 0.2) is 0 Å². The number of anilines is 3. The quantitative estimate of drug-likeness (QED) is 0.156. The van der Waals surface area contributed by atoms with E-state index in [0.29, 0.717) is 16.9 Å². The summed E-state index contributed by atoms with van der Waals surface area (Å²) in [6, 6.07) is 69.4. The van der Waals surface area contributed by atoms with Crippen molar-refractivity contribution in [1.82, 2.24) is 4.57 Å². The number of para-hydroxylation sites is 4. The van der Waals surface area contributed by atoms with Gasteiger partial charge in [-0.3, -0.25) is 0 Å². The van der Waals surface area contributed by atoms with Crippen molar-refractivity contribution in [3.63, 3.8) is 0 Å². The normalized spacial score (nSPS) is 12.7. The van der Waals surface area contributed by atoms with E-state index in [1.54, 1.807) is 0 Å². The van der Waals surface area contributed by atoms with Gasteiger partial charge >= 0.3 is 0 Å². The fraction of sp³-hybridized carbons (Fsp3) is 0. The summed E-state index contributed by atoms with van der Waals surface area (Å²) in [6.45, 7) is 0. The van der Waals surface area contributed by atoms with Crippen molar-refractivity contribution >= 4 is 93.1 Å². The number of hydrogen-bond donors (Lipinski definition) is 0. The van der Waals surface area contributed by atoms with Crippen molar-refractivity contribution in [2.75, 3.05) is 4.90 Å². The highest BCUT2D eigenvalue weighted by atomic mass is 16.3. The van der Waals surface area contributed by atoms with Crippen LogP contribution in [0.5, 0.6) is 0 Å². The first-order chi connectivity index (χ1) is 32.9. The molecule has 0 unspecified atom stereocenters. The predicted molar refractivity (Wildman–Crippen MR) is 266 cm³/mol. The lowest BCUT2D eigenvalue weighted by Gasteiger charge is -2.28. The van der Waals surface area contributed by atoms with Crippen LogP contribution in [0.4, 0.5) is 17.1 Å². The molecular weight excluding hydrogens is 765 g/mol. The van der Waals surface area contributed by atoms with E-state index in [1.165, 1.54) is 0 Å². The van der Waals surface area contributed by atoms with Crippen LogP contribution in [0.3, 0.4) is 0 Å². The maximum atomic E-state index is 9.86. The number of fused-ring (bicyclic) bond motifs is 11. The lowest BCUT2D eigenvalue weighted by molar-refractivity contribution is 0.674. The average Bonchev–Trinajstić information content (AvgIpc) is 3.94. The Morgan fingerprint density at radius 1 is 0.365 bits per heavy atom. The van der Waals surface area contributed by atoms with Crippen molar-refractivity contribution < 1.29 is 9.90 Å². The Kier molecular flexibility index (Phi) is 7.04. The third-order valence-electron chi connectivity index (χ3n) is 12.6. The number of benzene rings is 11. The summed E-state index contributed by atoms with van der Waals surface area (Å²) in [6.07, 6.45) is 0. The Morgan fingerprint density at radius 3 is 1.70 bits per heavy atom. The molecule has 294 valence electrons. The number of rotatable bonds is 6. The van der Waals surface area contributed by atoms with E-state index >= 15 is 0 Å². The van der Waals surface area contributed by atoms with E-state index in [9.17, 15) is 5.48 Å². The number of aromatic nitrogens is 1. The maximum absolute atomic E-state index is 9.86. The van der Waals surface area contributed by atoms with E-state index in [0.717, 1.165) is 92.9 Å². The molecule has 0 radical (unpaired) electrons. The van der Waals surface area contributed by atoms with Gasteiger partial charge in [-0.2, -0.15) is 0 Å². The molecule has 0 aliphatic heterocycles. The molecule has 3 heteroatoms. The maximum Gasteiger partial charge on any atom is 0.143 e. The minimum absolute atomic E-state index is 0.119. The second kappa shape index (κ2) is 14.1. The van der Waals surface area contributed by atoms with Gasteiger partial charge in [-0.15, -0.1) is 0 Å². The van der Waals surface area contributed by atoms with E-state index in [2.05, 4.69) is 126 Å². The van der Waals surface area contributed by atoms with Crippen LogP contribution in [0.15, 0.2) is 235 Å². The zero-order chi connectivity index (χ0) is 44.9. The van der Waals surface area contributed by atoms with Crippen LogP contribution >= 0.6 is 0 Å². The Hall–Kier alpha value is -8.40. The summed E-state index contributed by atoms with van der Waals surface area (Å²) in [5.41, 5.74) is 8.68. The molecule has 0 N–H and O–H groups in total. The standard InChI is InChI=1S/C60H38N2O/c1-3-14-47-40(12-1)24-25-43-38-42(29-36-48(43)47)39-26-30-44(31-27-39)61(45-32-34-46(35-33-45)62-57-22-9-5-16-50(57)51-17-6-10-23-58(51)62)56-21-8-7-18-52(56)53-19-11-20-54-55-37-28-41-13-2-4-15-49(41)59(55)63-60(53)54/h1-38H/i26D,27D,30D,31D. The van der Waals surface area contributed by atoms with Crippen molar-refractivity contribution in [2.24, 2.45) is 0 Å². The topological polar surface area (TPSA) is 21.3 Å². The first-order valence-electron chi connectivity index (χ1n) is 23.3. The van der Waals surface area contributed by atoms with Crippen molar-refractivity contribution in [2.45, 2.75) is 0 Å². The Labute approximate surface area is 369 Å². The first-order valence-corrected chi connectivity index (χ1v) is 21.3. The summed E-state index contributed by atoms with van der Waals surface area (Å²) < 4.78 is 48.2. The van der Waals surface area contributed by atoms with Crippen LogP contribution in [-0.4, -0.2) is 4.57 Å². The van der Waals surface area contributed by atoms with E-state index in [-0.39, 0.29) is 35.4 Å². The lowest BCUT2D eigenvalue weighted by atomic mass is 9.97. The molecule has 0 bridgehead atoms. The summed E-state index contributed by atoms with van der Waals surface area (Å²) in [7, 11) is 0. The Balaban J connectivity index is 1.03. The monoisotopic (exact) mass is 806 g/mol. The summed E-state index contributed by atoms with van der Waals surface area (Å²) in [5, 5.41) is 10.7. The third kappa shape index (κ3) is 5.60. The van der Waals surface area contributed by atoms with Crippen LogP contribution in [0.1, 0.15) is 5.48 Å². The number of furan rings is 1. The summed E-state index contributed by atoms with van der Waals surface area (Å²) >= 11 is 0. The van der Waals surface area contributed by atoms with Gasteiger partial charge in [-0.25, -0.2) is 0 Å². The van der Waals surface area contributed by atoms with Crippen LogP contribution in [-0.2, 0) is 0 Å². The molecule has 3 nitrogen and oxygen atoms in total. The summed E-state index contributed by atoms with van der Waals surface area (Å²) in [5.74, 6) is 0. The molecule has 0 aliphatic carbocycles. The van der Waals surface area contributed by atoms with E-state index in [1.807, 2.05) is 89.8 Å². The van der Waals surface area contributed by atoms with Crippen molar-refractivity contribution in [3.8, 4) is 27.9 Å². The van der Waals surface area contributed by atoms with Crippen LogP contribution in [0.2, 0.25) is 0 Å². The van der Waals surface area contributed by atoms with Gasteiger partial charge in [0.1, 0.15) is 11.2 Å². The highest BCUT2D eigenvalue weighted by molar-refractivity contribution is 6.18. The van der Waals surface area contributed by atoms with Crippen molar-refractivity contribution in [1.29, 1.82) is 0 Å². The van der Waals surface area contributed by atoms with Crippen LogP contribution in [0, 0.1) is 0 Å². The number of nitrogens with zero attached hydrogens (tertiary/aromatic N) is 2. The van der Waals surface area contributed by atoms with Crippen molar-refractivity contribution in [3.05, 3.63) is 230 Å². The molecule has 0 amide bonds. The molecule has 63 heavy (non-hydrogen) atoms. The SMILES string of the molecule is [2H]c1c([2H])c(N(c2ccc(-n3c4ccccc4c4ccccc43)cc2)c2ccccc2-c2cccc3c2oc2c4ccccc4ccc32)c([2H])c([2H])c1-c1ccc2c(ccc3ccccc32)c1. The fourth-order valence-corrected chi connectivity index (χ4v) is 9.71. The molecule has 0 fully saturated rings. The highest BCUT2D eigenvalue weighted by Crippen LogP contribution is 2.46. The largest absolute Gasteiger partial charge is 0.455 e. The van der Waals surface area contributed by atoms with Crippen LogP contribution < -0.4 is 4.90 Å². The second-order valence-corrected chi connectivity index (χ2v) is 16.1. The Bertz CT molecular complexity index is 4090. The molecule has 0 atom stereocenters. The van der Waals surface area contributed by atoms with E-state index in [4.69, 9.17) is 4.42 Å². The summed E-state index contributed by atoms with van der Waals surface area (Å²) in [4.78, 5) is 1.89. The van der Waals surface area contributed by atoms with Gasteiger partial charge in [0.25, 0.3) is 0 Å². The molecule has 2 heterocycles. The molecular formula is C60H38N2O. The average molecular weight is 807 g/mol. The molecule has 11 aromatic carbocycles. The third-order valence-corrected chi connectivity index (χ3v) is 12.6. The zero-order valence-electron chi connectivity index (χ0n) is 37.9. The minimum Gasteiger partial charge on any atom is -0.455 e. The van der Waals surface area contributed by atoms with Gasteiger partial charge in [-0.05, 0) is 105 Å². The predicted octanol–water partition coefficient (Wildman–Crippen LogP) is 16.9. The number of hydrogen-bond acceptors (Lipinski definition) is 2. The Morgan fingerprint density at radius 2 is 0.921 bits per heavy atom. The molecule has 0 aliphatic rings. The molecule has 13 aromatic rings. The van der Waals surface area contributed by atoms with Gasteiger partial charge in [0.05, 0.1) is 22.2 Å². The fourth-order valence-electron chi connectivity index (χ4n) is 9.71.